The first-order valence-corrected chi connectivity index (χ1v) is 7.85. The first-order chi connectivity index (χ1) is 9.42. The van der Waals surface area contributed by atoms with Crippen LogP contribution in [0.3, 0.4) is 0 Å². The van der Waals surface area contributed by atoms with Crippen LogP contribution in [-0.4, -0.2) is 51.0 Å². The highest BCUT2D eigenvalue weighted by molar-refractivity contribution is 7.12. The zero-order chi connectivity index (χ0) is 12.9. The van der Waals surface area contributed by atoms with Crippen LogP contribution < -0.4 is 0 Å². The molecule has 2 aliphatic rings. The molecule has 1 aromatic heterocycles. The van der Waals surface area contributed by atoms with Crippen LogP contribution in [0.1, 0.15) is 22.5 Å². The average molecular weight is 283 g/mol. The number of hydrogen-bond donors (Lipinski definition) is 0. The van der Waals surface area contributed by atoms with Gasteiger partial charge >= 0.3 is 0 Å². The zero-order valence-corrected chi connectivity index (χ0v) is 12.0. The molecule has 1 aromatic rings. The lowest BCUT2D eigenvalue weighted by Crippen LogP contribution is -2.36. The average Bonchev–Trinajstić information content (AvgIpc) is 3.10. The highest BCUT2D eigenvalue weighted by Crippen LogP contribution is 2.30. The van der Waals surface area contributed by atoms with Crippen molar-refractivity contribution < 1.29 is 14.2 Å². The summed E-state index contributed by atoms with van der Waals surface area (Å²) in [6.45, 7) is 6.55. The maximum absolute atomic E-state index is 5.52. The van der Waals surface area contributed by atoms with E-state index < -0.39 is 0 Å². The Morgan fingerprint density at radius 1 is 1.11 bits per heavy atom. The third-order valence-electron chi connectivity index (χ3n) is 3.54. The van der Waals surface area contributed by atoms with Crippen LogP contribution in [0.2, 0.25) is 0 Å². The Labute approximate surface area is 118 Å². The highest BCUT2D eigenvalue weighted by atomic mass is 32.1. The first kappa shape index (κ1) is 13.5. The fourth-order valence-corrected chi connectivity index (χ4v) is 3.53. The summed E-state index contributed by atoms with van der Waals surface area (Å²) < 4.78 is 16.4. The van der Waals surface area contributed by atoms with Crippen LogP contribution >= 0.6 is 11.3 Å². The lowest BCUT2D eigenvalue weighted by Gasteiger charge is -2.26. The fourth-order valence-electron chi connectivity index (χ4n) is 2.48. The second-order valence-electron chi connectivity index (χ2n) is 4.94. The van der Waals surface area contributed by atoms with Gasteiger partial charge < -0.3 is 14.2 Å². The van der Waals surface area contributed by atoms with E-state index in [1.165, 1.54) is 22.7 Å². The summed E-state index contributed by atoms with van der Waals surface area (Å²) in [5.74, 6) is 0. The van der Waals surface area contributed by atoms with Crippen molar-refractivity contribution in [2.75, 3.05) is 46.1 Å². The molecule has 0 atom stereocenters. The molecule has 0 unspecified atom stereocenters. The molecule has 0 aliphatic carbocycles. The Balaban J connectivity index is 1.42. The maximum Gasteiger partial charge on any atom is 0.193 e. The smallest absolute Gasteiger partial charge is 0.193 e. The van der Waals surface area contributed by atoms with Crippen molar-refractivity contribution in [2.45, 2.75) is 19.1 Å². The lowest BCUT2D eigenvalue weighted by atomic mass is 10.2. The highest BCUT2D eigenvalue weighted by Gasteiger charge is 2.20. The van der Waals surface area contributed by atoms with Crippen LogP contribution in [0.15, 0.2) is 12.1 Å². The number of hydrogen-bond acceptors (Lipinski definition) is 5. The van der Waals surface area contributed by atoms with E-state index in [2.05, 4.69) is 17.0 Å². The van der Waals surface area contributed by atoms with E-state index in [1.807, 2.05) is 11.3 Å². The van der Waals surface area contributed by atoms with Gasteiger partial charge in [0.05, 0.1) is 31.3 Å². The van der Waals surface area contributed by atoms with Crippen molar-refractivity contribution in [3.05, 3.63) is 21.9 Å². The van der Waals surface area contributed by atoms with E-state index in [9.17, 15) is 0 Å². The molecule has 4 nitrogen and oxygen atoms in total. The summed E-state index contributed by atoms with van der Waals surface area (Å²) in [7, 11) is 0. The molecule has 19 heavy (non-hydrogen) atoms. The predicted octanol–water partition coefficient (Wildman–Crippen LogP) is 2.06. The van der Waals surface area contributed by atoms with Gasteiger partial charge in [-0.05, 0) is 31.5 Å². The maximum atomic E-state index is 5.52. The van der Waals surface area contributed by atoms with Crippen LogP contribution in [0.25, 0.3) is 0 Å². The summed E-state index contributed by atoms with van der Waals surface area (Å²) in [6, 6.07) is 4.36. The van der Waals surface area contributed by atoms with Gasteiger partial charge in [-0.2, -0.15) is 0 Å². The van der Waals surface area contributed by atoms with Crippen LogP contribution in [0, 0.1) is 0 Å². The summed E-state index contributed by atoms with van der Waals surface area (Å²) in [6.07, 6.45) is 2.25. The minimum atomic E-state index is -0.113. The van der Waals surface area contributed by atoms with E-state index in [0.717, 1.165) is 45.9 Å². The molecule has 0 radical (unpaired) electrons. The number of ether oxygens (including phenoxy) is 3. The molecule has 0 aromatic carbocycles. The number of morpholine rings is 1. The van der Waals surface area contributed by atoms with Gasteiger partial charge in [-0.1, -0.05) is 0 Å². The number of nitrogens with zero attached hydrogens (tertiary/aromatic N) is 1. The second-order valence-corrected chi connectivity index (χ2v) is 6.14. The minimum Gasteiger partial charge on any atom is -0.379 e. The molecule has 5 heteroatoms. The molecular formula is C14H21NO3S. The van der Waals surface area contributed by atoms with Gasteiger partial charge in [0.1, 0.15) is 0 Å². The molecule has 0 spiro atoms. The molecule has 3 rings (SSSR count). The number of aryl methyl sites for hydroxylation is 1. The third-order valence-corrected chi connectivity index (χ3v) is 4.70. The molecule has 0 N–H and O–H groups in total. The van der Waals surface area contributed by atoms with Gasteiger partial charge in [-0.15, -0.1) is 11.3 Å². The summed E-state index contributed by atoms with van der Waals surface area (Å²) in [4.78, 5) is 5.13. The molecule has 2 aliphatic heterocycles. The van der Waals surface area contributed by atoms with Crippen molar-refractivity contribution >= 4 is 11.3 Å². The number of rotatable bonds is 5. The largest absolute Gasteiger partial charge is 0.379 e. The quantitative estimate of drug-likeness (QED) is 0.827. The fraction of sp³-hybridized carbons (Fsp3) is 0.714. The van der Waals surface area contributed by atoms with Crippen molar-refractivity contribution in [1.82, 2.24) is 4.90 Å². The van der Waals surface area contributed by atoms with Gasteiger partial charge in [0.15, 0.2) is 6.29 Å². The Bertz CT molecular complexity index is 384. The molecule has 0 amide bonds. The number of thiophene rings is 1. The monoisotopic (exact) mass is 283 g/mol. The Morgan fingerprint density at radius 2 is 1.89 bits per heavy atom. The van der Waals surface area contributed by atoms with E-state index in [0.29, 0.717) is 0 Å². The van der Waals surface area contributed by atoms with E-state index in [1.54, 1.807) is 0 Å². The van der Waals surface area contributed by atoms with Crippen LogP contribution in [-0.2, 0) is 20.6 Å². The summed E-state index contributed by atoms with van der Waals surface area (Å²) in [5, 5.41) is 0. The summed E-state index contributed by atoms with van der Waals surface area (Å²) in [5.41, 5.74) is 0. The van der Waals surface area contributed by atoms with Crippen LogP contribution in [0.4, 0.5) is 0 Å². The van der Waals surface area contributed by atoms with Crippen molar-refractivity contribution in [3.63, 3.8) is 0 Å². The third kappa shape index (κ3) is 3.77. The topological polar surface area (TPSA) is 30.9 Å². The second kappa shape index (κ2) is 6.81. The standard InChI is InChI=1S/C14H21NO3S/c1(5-15-6-8-16-9-7-15)2-12-3-4-13(19-12)14-17-10-11-18-14/h3-4,14H,1-2,5-11H2. The molecule has 0 bridgehead atoms. The van der Waals surface area contributed by atoms with Gasteiger partial charge in [-0.3, -0.25) is 4.90 Å². The molecule has 2 fully saturated rings. The van der Waals surface area contributed by atoms with E-state index >= 15 is 0 Å². The minimum absolute atomic E-state index is 0.113. The molecular weight excluding hydrogens is 262 g/mol. The van der Waals surface area contributed by atoms with Crippen molar-refractivity contribution in [2.24, 2.45) is 0 Å². The zero-order valence-electron chi connectivity index (χ0n) is 11.2. The Morgan fingerprint density at radius 3 is 2.68 bits per heavy atom. The SMILES string of the molecule is c1cc(C2OCCO2)sc1CCCN1CCOCC1. The van der Waals surface area contributed by atoms with E-state index in [4.69, 9.17) is 14.2 Å². The Kier molecular flexibility index (Phi) is 4.85. The van der Waals surface area contributed by atoms with Gasteiger partial charge in [0.25, 0.3) is 0 Å². The van der Waals surface area contributed by atoms with Gasteiger partial charge in [-0.25, -0.2) is 0 Å². The predicted molar refractivity (Wildman–Crippen MR) is 74.5 cm³/mol. The molecule has 106 valence electrons. The summed E-state index contributed by atoms with van der Waals surface area (Å²) >= 11 is 1.82. The molecule has 0 saturated carbocycles. The van der Waals surface area contributed by atoms with E-state index in [-0.39, 0.29) is 6.29 Å². The van der Waals surface area contributed by atoms with Crippen molar-refractivity contribution in [1.29, 1.82) is 0 Å². The van der Waals surface area contributed by atoms with Crippen LogP contribution in [0.5, 0.6) is 0 Å². The van der Waals surface area contributed by atoms with Crippen molar-refractivity contribution in [3.8, 4) is 0 Å². The Hall–Kier alpha value is -0.460. The lowest BCUT2D eigenvalue weighted by molar-refractivity contribution is -0.0413. The molecule has 3 heterocycles. The normalized spacial score (nSPS) is 22.1. The van der Waals surface area contributed by atoms with Gasteiger partial charge in [0, 0.05) is 18.0 Å². The first-order valence-electron chi connectivity index (χ1n) is 7.04. The van der Waals surface area contributed by atoms with Gasteiger partial charge in [0.2, 0.25) is 0 Å². The molecule has 2 saturated heterocycles.